The number of fused-ring (bicyclic) bond motifs is 1. The number of imidazole rings is 1. The maximum absolute atomic E-state index is 13.7. The van der Waals surface area contributed by atoms with Crippen LogP contribution in [0.5, 0.6) is 0 Å². The number of hydrogen-bond donors (Lipinski definition) is 1. The van der Waals surface area contributed by atoms with Crippen molar-refractivity contribution in [3.8, 4) is 11.1 Å². The highest BCUT2D eigenvalue weighted by molar-refractivity contribution is 6.34. The lowest BCUT2D eigenvalue weighted by Crippen LogP contribution is -2.03. The normalized spacial score (nSPS) is 13.9. The van der Waals surface area contributed by atoms with E-state index < -0.39 is 5.82 Å². The Labute approximate surface area is 189 Å². The van der Waals surface area contributed by atoms with Crippen molar-refractivity contribution in [2.75, 3.05) is 5.32 Å². The summed E-state index contributed by atoms with van der Waals surface area (Å²) in [7, 11) is 1.91. The van der Waals surface area contributed by atoms with Crippen LogP contribution in [0.3, 0.4) is 0 Å². The molecule has 2 aromatic heterocycles. The number of aryl methyl sites for hydroxylation is 2. The molecule has 164 valence electrons. The third-order valence-electron chi connectivity index (χ3n) is 5.71. The van der Waals surface area contributed by atoms with Crippen molar-refractivity contribution >= 4 is 29.0 Å². The summed E-state index contributed by atoms with van der Waals surface area (Å²) in [5.74, 6) is -0.221. The van der Waals surface area contributed by atoms with E-state index in [-0.39, 0.29) is 11.7 Å². The van der Waals surface area contributed by atoms with Gasteiger partial charge < -0.3 is 14.3 Å². The molecule has 0 aliphatic carbocycles. The van der Waals surface area contributed by atoms with Crippen molar-refractivity contribution in [1.82, 2.24) is 9.55 Å². The highest BCUT2D eigenvalue weighted by Gasteiger charge is 2.25. The third kappa shape index (κ3) is 4.13. The first-order chi connectivity index (χ1) is 16.0. The van der Waals surface area contributed by atoms with Crippen molar-refractivity contribution in [3.63, 3.8) is 0 Å². The summed E-state index contributed by atoms with van der Waals surface area (Å²) in [4.78, 5) is 29.1. The van der Waals surface area contributed by atoms with Crippen molar-refractivity contribution in [2.45, 2.75) is 12.8 Å². The maximum atomic E-state index is 13.7. The number of hydrogen-bond acceptors (Lipinski definition) is 4. The van der Waals surface area contributed by atoms with E-state index in [2.05, 4.69) is 10.3 Å². The Hall–Kier alpha value is -4.26. The standard InChI is InChI=1S/C26H20FN3O3/c1-30-15-28-13-20(30)6-8-25(31)17-4-2-3-16(9-17)18-10-21(33-14-18)12-23-22-11-19(27)5-7-24(22)29-26(23)32/h2-5,7,9-15H,6,8H2,1H3,(H,29,32)/b23-12+. The van der Waals surface area contributed by atoms with Gasteiger partial charge in [-0.1, -0.05) is 18.2 Å². The summed E-state index contributed by atoms with van der Waals surface area (Å²) < 4.78 is 21.2. The maximum Gasteiger partial charge on any atom is 0.256 e. The summed E-state index contributed by atoms with van der Waals surface area (Å²) in [5.41, 5.74) is 4.64. The lowest BCUT2D eigenvalue weighted by atomic mass is 10.0. The number of ketones is 1. The molecular weight excluding hydrogens is 421 g/mol. The molecule has 0 spiro atoms. The number of aromatic nitrogens is 2. The van der Waals surface area contributed by atoms with Gasteiger partial charge in [0.2, 0.25) is 0 Å². The average Bonchev–Trinajstić information content (AvgIpc) is 3.52. The number of benzene rings is 2. The zero-order chi connectivity index (χ0) is 22.9. The minimum atomic E-state index is -0.416. The fraction of sp³-hybridized carbons (Fsp3) is 0.115. The Balaban J connectivity index is 1.36. The molecule has 2 aromatic carbocycles. The first-order valence-electron chi connectivity index (χ1n) is 10.5. The minimum absolute atomic E-state index is 0.0464. The van der Waals surface area contributed by atoms with Crippen molar-refractivity contribution < 1.29 is 18.4 Å². The number of carbonyl (C=O) groups is 2. The van der Waals surface area contributed by atoms with E-state index in [0.29, 0.717) is 41.0 Å². The molecule has 6 nitrogen and oxygen atoms in total. The zero-order valence-corrected chi connectivity index (χ0v) is 17.8. The van der Waals surface area contributed by atoms with Crippen LogP contribution in [0.2, 0.25) is 0 Å². The molecule has 33 heavy (non-hydrogen) atoms. The molecule has 1 aliphatic rings. The second-order valence-corrected chi connectivity index (χ2v) is 7.94. The van der Waals surface area contributed by atoms with Gasteiger partial charge in [-0.15, -0.1) is 0 Å². The van der Waals surface area contributed by atoms with Crippen molar-refractivity contribution in [1.29, 1.82) is 0 Å². The first kappa shape index (κ1) is 20.6. The molecule has 1 amide bonds. The van der Waals surface area contributed by atoms with Crippen LogP contribution in [0, 0.1) is 5.82 Å². The average molecular weight is 441 g/mol. The van der Waals surface area contributed by atoms with Crippen LogP contribution in [0.15, 0.2) is 71.7 Å². The number of nitrogens with zero attached hydrogens (tertiary/aromatic N) is 2. The molecule has 3 heterocycles. The summed E-state index contributed by atoms with van der Waals surface area (Å²) in [6.07, 6.45) is 7.65. The van der Waals surface area contributed by atoms with E-state index in [0.717, 1.165) is 16.8 Å². The van der Waals surface area contributed by atoms with Gasteiger partial charge in [0.05, 0.1) is 18.2 Å². The lowest BCUT2D eigenvalue weighted by molar-refractivity contribution is -0.110. The van der Waals surface area contributed by atoms with Gasteiger partial charge in [-0.3, -0.25) is 9.59 Å². The molecule has 0 saturated heterocycles. The Morgan fingerprint density at radius 2 is 2.06 bits per heavy atom. The third-order valence-corrected chi connectivity index (χ3v) is 5.71. The van der Waals surface area contributed by atoms with Gasteiger partial charge in [0.25, 0.3) is 5.91 Å². The van der Waals surface area contributed by atoms with Gasteiger partial charge in [-0.05, 0) is 48.4 Å². The molecule has 5 rings (SSSR count). The van der Waals surface area contributed by atoms with Crippen LogP contribution < -0.4 is 5.32 Å². The summed E-state index contributed by atoms with van der Waals surface area (Å²) in [5, 5.41) is 2.72. The predicted molar refractivity (Wildman–Crippen MR) is 123 cm³/mol. The second kappa shape index (κ2) is 8.35. The lowest BCUT2D eigenvalue weighted by Gasteiger charge is -2.04. The van der Waals surface area contributed by atoms with Crippen LogP contribution in [-0.2, 0) is 18.3 Å². The number of amides is 1. The van der Waals surface area contributed by atoms with Gasteiger partial charge in [0.1, 0.15) is 11.6 Å². The van der Waals surface area contributed by atoms with Gasteiger partial charge >= 0.3 is 0 Å². The van der Waals surface area contributed by atoms with Crippen LogP contribution in [0.25, 0.3) is 22.8 Å². The van der Waals surface area contributed by atoms with Crippen LogP contribution in [-0.4, -0.2) is 21.2 Å². The summed E-state index contributed by atoms with van der Waals surface area (Å²) in [6.45, 7) is 0. The number of nitrogens with one attached hydrogen (secondary N) is 1. The summed E-state index contributed by atoms with van der Waals surface area (Å²) in [6, 6.07) is 13.3. The molecule has 1 aliphatic heterocycles. The van der Waals surface area contributed by atoms with Crippen LogP contribution >= 0.6 is 0 Å². The molecular formula is C26H20FN3O3. The molecule has 0 radical (unpaired) electrons. The van der Waals surface area contributed by atoms with Crippen molar-refractivity contribution in [3.05, 3.63) is 95.7 Å². The molecule has 0 unspecified atom stereocenters. The zero-order valence-electron chi connectivity index (χ0n) is 17.8. The molecule has 1 N–H and O–H groups in total. The monoisotopic (exact) mass is 441 g/mol. The van der Waals surface area contributed by atoms with Gasteiger partial charge in [-0.2, -0.15) is 0 Å². The van der Waals surface area contributed by atoms with Crippen LogP contribution in [0.4, 0.5) is 10.1 Å². The Kier molecular flexibility index (Phi) is 5.22. The molecule has 0 bridgehead atoms. The van der Waals surface area contributed by atoms with E-state index in [1.54, 1.807) is 37.0 Å². The Morgan fingerprint density at radius 1 is 1.18 bits per heavy atom. The van der Waals surface area contributed by atoms with E-state index in [1.807, 2.05) is 29.8 Å². The Bertz CT molecular complexity index is 1410. The van der Waals surface area contributed by atoms with E-state index in [4.69, 9.17) is 4.42 Å². The SMILES string of the molecule is Cn1cncc1CCC(=O)c1cccc(-c2coc(/C=C3/C(=O)Nc4ccc(F)cc43)c2)c1. The van der Waals surface area contributed by atoms with E-state index in [1.165, 1.54) is 18.2 Å². The van der Waals surface area contributed by atoms with E-state index >= 15 is 0 Å². The van der Waals surface area contributed by atoms with Gasteiger partial charge in [-0.25, -0.2) is 9.37 Å². The number of Topliss-reactive ketones (excluding diaryl/α,β-unsaturated/α-hetero) is 1. The number of halogens is 1. The minimum Gasteiger partial charge on any atom is -0.464 e. The van der Waals surface area contributed by atoms with Crippen LogP contribution in [0.1, 0.15) is 33.8 Å². The predicted octanol–water partition coefficient (Wildman–Crippen LogP) is 5.13. The van der Waals surface area contributed by atoms with E-state index in [9.17, 15) is 14.0 Å². The molecule has 7 heteroatoms. The number of rotatable bonds is 6. The summed E-state index contributed by atoms with van der Waals surface area (Å²) >= 11 is 0. The quantitative estimate of drug-likeness (QED) is 0.333. The highest BCUT2D eigenvalue weighted by atomic mass is 19.1. The second-order valence-electron chi connectivity index (χ2n) is 7.94. The topological polar surface area (TPSA) is 77.1 Å². The number of carbonyl (C=O) groups excluding carboxylic acids is 2. The Morgan fingerprint density at radius 3 is 2.88 bits per heavy atom. The highest BCUT2D eigenvalue weighted by Crippen LogP contribution is 2.34. The molecule has 4 aromatic rings. The number of anilines is 1. The molecule has 0 saturated carbocycles. The smallest absolute Gasteiger partial charge is 0.256 e. The van der Waals surface area contributed by atoms with Gasteiger partial charge in [0, 0.05) is 47.7 Å². The fourth-order valence-electron chi connectivity index (χ4n) is 3.91. The fourth-order valence-corrected chi connectivity index (χ4v) is 3.91. The molecule has 0 fully saturated rings. The van der Waals surface area contributed by atoms with Crippen molar-refractivity contribution in [2.24, 2.45) is 7.05 Å². The number of furan rings is 1. The molecule has 0 atom stereocenters. The first-order valence-corrected chi connectivity index (χ1v) is 10.5. The largest absolute Gasteiger partial charge is 0.464 e. The van der Waals surface area contributed by atoms with Gasteiger partial charge in [0.15, 0.2) is 5.78 Å².